The number of amides is 1. The van der Waals surface area contributed by atoms with Crippen LogP contribution in [0.25, 0.3) is 0 Å². The second-order valence-electron chi connectivity index (χ2n) is 5.13. The van der Waals surface area contributed by atoms with Crippen LogP contribution in [0.2, 0.25) is 0 Å². The number of phenols is 1. The fourth-order valence-electron chi connectivity index (χ4n) is 2.05. The molecule has 0 aliphatic carbocycles. The van der Waals surface area contributed by atoms with Crippen LogP contribution in [-0.4, -0.2) is 33.6 Å². The number of unbranched alkanes of at least 4 members (excludes halogenated alkanes) is 4. The number of phenolic OH excluding ortho intramolecular Hbond substituents is 1. The second-order valence-corrected chi connectivity index (χ2v) is 5.13. The quantitative estimate of drug-likeness (QED) is 0.344. The minimum Gasteiger partial charge on any atom is -0.502 e. The Bertz CT molecular complexity index is 573. The normalized spacial score (nSPS) is 10.3. The van der Waals surface area contributed by atoms with Crippen molar-refractivity contribution in [3.8, 4) is 5.75 Å². The Balaban J connectivity index is 2.28. The minimum absolute atomic E-state index is 0.121. The van der Waals surface area contributed by atoms with Crippen LogP contribution in [0.3, 0.4) is 0 Å². The van der Waals surface area contributed by atoms with Crippen molar-refractivity contribution in [2.45, 2.75) is 38.5 Å². The Hall–Kier alpha value is -2.64. The molecule has 1 aromatic carbocycles. The van der Waals surface area contributed by atoms with Gasteiger partial charge in [0.25, 0.3) is 5.91 Å². The number of hydrogen-bond donors (Lipinski definition) is 3. The molecule has 1 aromatic rings. The smallest absolute Gasteiger partial charge is 0.311 e. The van der Waals surface area contributed by atoms with E-state index in [9.17, 15) is 24.8 Å². The van der Waals surface area contributed by atoms with E-state index < -0.39 is 28.2 Å². The number of nitro groups is 1. The summed E-state index contributed by atoms with van der Waals surface area (Å²) in [6.45, 7) is 0.437. The van der Waals surface area contributed by atoms with Gasteiger partial charge < -0.3 is 15.5 Å². The molecule has 0 unspecified atom stereocenters. The third-order valence-electron chi connectivity index (χ3n) is 3.29. The topological polar surface area (TPSA) is 130 Å². The van der Waals surface area contributed by atoms with Gasteiger partial charge in [-0.15, -0.1) is 0 Å². The summed E-state index contributed by atoms with van der Waals surface area (Å²) in [5.74, 6) is -1.70. The summed E-state index contributed by atoms with van der Waals surface area (Å²) in [5, 5.41) is 31.2. The number of carbonyl (C=O) groups excluding carboxylic acids is 1. The van der Waals surface area contributed by atoms with Gasteiger partial charge in [-0.1, -0.05) is 19.3 Å². The standard InChI is InChI=1S/C15H20N2O6/c18-13-8-7-11(10-12(13)17(22)23)15(21)16-9-5-3-1-2-4-6-14(19)20/h7-8,10,18H,1-6,9H2,(H,16,21)(H,19,20). The lowest BCUT2D eigenvalue weighted by Crippen LogP contribution is -2.24. The summed E-state index contributed by atoms with van der Waals surface area (Å²) in [4.78, 5) is 32.1. The highest BCUT2D eigenvalue weighted by Gasteiger charge is 2.16. The largest absolute Gasteiger partial charge is 0.502 e. The number of carbonyl (C=O) groups is 2. The van der Waals surface area contributed by atoms with Crippen molar-refractivity contribution >= 4 is 17.6 Å². The molecule has 8 nitrogen and oxygen atoms in total. The van der Waals surface area contributed by atoms with E-state index in [4.69, 9.17) is 5.11 Å². The van der Waals surface area contributed by atoms with Gasteiger partial charge in [-0.25, -0.2) is 0 Å². The first-order chi connectivity index (χ1) is 10.9. The van der Waals surface area contributed by atoms with Crippen LogP contribution >= 0.6 is 0 Å². The maximum Gasteiger partial charge on any atom is 0.311 e. The highest BCUT2D eigenvalue weighted by Crippen LogP contribution is 2.26. The summed E-state index contributed by atoms with van der Waals surface area (Å²) < 4.78 is 0. The number of aromatic hydroxyl groups is 1. The molecule has 0 atom stereocenters. The second kappa shape index (κ2) is 9.39. The number of carboxylic acid groups (broad SMARTS) is 1. The number of rotatable bonds is 10. The first kappa shape index (κ1) is 18.4. The predicted octanol–water partition coefficient (Wildman–Crippen LogP) is 2.46. The van der Waals surface area contributed by atoms with Crippen LogP contribution in [0.4, 0.5) is 5.69 Å². The molecule has 0 radical (unpaired) electrons. The number of nitro benzene ring substituents is 1. The van der Waals surface area contributed by atoms with Crippen LogP contribution in [0.5, 0.6) is 5.75 Å². The molecule has 1 rings (SSSR count). The maximum atomic E-state index is 11.9. The van der Waals surface area contributed by atoms with Gasteiger partial charge in [0.1, 0.15) is 0 Å². The lowest BCUT2D eigenvalue weighted by Gasteiger charge is -2.06. The molecule has 0 saturated carbocycles. The fraction of sp³-hybridized carbons (Fsp3) is 0.467. The van der Waals surface area contributed by atoms with Gasteiger partial charge >= 0.3 is 11.7 Å². The van der Waals surface area contributed by atoms with Gasteiger partial charge in [0.15, 0.2) is 5.75 Å². The van der Waals surface area contributed by atoms with Crippen molar-refractivity contribution in [2.75, 3.05) is 6.54 Å². The first-order valence-corrected chi connectivity index (χ1v) is 7.39. The highest BCUT2D eigenvalue weighted by molar-refractivity contribution is 5.95. The molecule has 0 fully saturated rings. The third-order valence-corrected chi connectivity index (χ3v) is 3.29. The average Bonchev–Trinajstić information content (AvgIpc) is 2.49. The van der Waals surface area contributed by atoms with Crippen LogP contribution in [0.1, 0.15) is 48.9 Å². The van der Waals surface area contributed by atoms with Gasteiger partial charge in [-0.3, -0.25) is 19.7 Å². The Morgan fingerprint density at radius 3 is 2.43 bits per heavy atom. The lowest BCUT2D eigenvalue weighted by molar-refractivity contribution is -0.385. The number of hydrogen-bond acceptors (Lipinski definition) is 5. The summed E-state index contributed by atoms with van der Waals surface area (Å²) in [7, 11) is 0. The molecule has 0 heterocycles. The van der Waals surface area contributed by atoms with Crippen LogP contribution in [0.15, 0.2) is 18.2 Å². The zero-order chi connectivity index (χ0) is 17.2. The van der Waals surface area contributed by atoms with Crippen molar-refractivity contribution in [3.05, 3.63) is 33.9 Å². The molecule has 23 heavy (non-hydrogen) atoms. The number of benzene rings is 1. The number of carboxylic acids is 1. The first-order valence-electron chi connectivity index (χ1n) is 7.39. The Labute approximate surface area is 133 Å². The van der Waals surface area contributed by atoms with E-state index in [1.165, 1.54) is 6.07 Å². The Kier molecular flexibility index (Phi) is 7.52. The van der Waals surface area contributed by atoms with E-state index in [1.807, 2.05) is 0 Å². The summed E-state index contributed by atoms with van der Waals surface area (Å²) in [6.07, 6.45) is 4.18. The van der Waals surface area contributed by atoms with Crippen LogP contribution in [-0.2, 0) is 4.79 Å². The minimum atomic E-state index is -0.791. The molecule has 0 aromatic heterocycles. The van der Waals surface area contributed by atoms with Crippen molar-refractivity contribution in [3.63, 3.8) is 0 Å². The molecule has 3 N–H and O–H groups in total. The van der Waals surface area contributed by atoms with Crippen LogP contribution in [0, 0.1) is 10.1 Å². The molecular weight excluding hydrogens is 304 g/mol. The number of nitrogens with one attached hydrogen (secondary N) is 1. The molecule has 0 spiro atoms. The molecule has 0 aliphatic heterocycles. The van der Waals surface area contributed by atoms with Gasteiger partial charge in [0.05, 0.1) is 4.92 Å². The van der Waals surface area contributed by atoms with Crippen molar-refractivity contribution < 1.29 is 24.7 Å². The summed E-state index contributed by atoms with van der Waals surface area (Å²) in [6, 6.07) is 3.48. The summed E-state index contributed by atoms with van der Waals surface area (Å²) >= 11 is 0. The Morgan fingerprint density at radius 2 is 1.78 bits per heavy atom. The molecule has 0 saturated heterocycles. The summed E-state index contributed by atoms with van der Waals surface area (Å²) in [5.41, 5.74) is -0.382. The van der Waals surface area contributed by atoms with Gasteiger partial charge in [-0.05, 0) is 25.0 Å². The van der Waals surface area contributed by atoms with E-state index in [-0.39, 0.29) is 12.0 Å². The van der Waals surface area contributed by atoms with Crippen molar-refractivity contribution in [1.29, 1.82) is 0 Å². The predicted molar refractivity (Wildman–Crippen MR) is 82.4 cm³/mol. The lowest BCUT2D eigenvalue weighted by atomic mass is 10.1. The zero-order valence-electron chi connectivity index (χ0n) is 12.7. The van der Waals surface area contributed by atoms with Gasteiger partial charge in [0.2, 0.25) is 0 Å². The third kappa shape index (κ3) is 6.77. The molecular formula is C15H20N2O6. The number of aliphatic carboxylic acids is 1. The van der Waals surface area contributed by atoms with Crippen LogP contribution < -0.4 is 5.32 Å². The monoisotopic (exact) mass is 324 g/mol. The molecule has 1 amide bonds. The number of nitrogens with zero attached hydrogens (tertiary/aromatic N) is 1. The highest BCUT2D eigenvalue weighted by atomic mass is 16.6. The molecule has 0 bridgehead atoms. The van der Waals surface area contributed by atoms with E-state index in [2.05, 4.69) is 5.32 Å². The molecule has 0 aliphatic rings. The van der Waals surface area contributed by atoms with E-state index in [0.29, 0.717) is 13.0 Å². The van der Waals surface area contributed by atoms with Crippen molar-refractivity contribution in [2.24, 2.45) is 0 Å². The van der Waals surface area contributed by atoms with E-state index in [1.54, 1.807) is 0 Å². The van der Waals surface area contributed by atoms with E-state index in [0.717, 1.165) is 37.8 Å². The van der Waals surface area contributed by atoms with Gasteiger partial charge in [-0.2, -0.15) is 0 Å². The SMILES string of the molecule is O=C(O)CCCCCCCNC(=O)c1ccc(O)c([N+](=O)[O-])c1. The maximum absolute atomic E-state index is 11.9. The zero-order valence-corrected chi connectivity index (χ0v) is 12.7. The molecule has 8 heteroatoms. The van der Waals surface area contributed by atoms with E-state index >= 15 is 0 Å². The fourth-order valence-corrected chi connectivity index (χ4v) is 2.05. The van der Waals surface area contributed by atoms with Gasteiger partial charge in [0, 0.05) is 24.6 Å². The molecule has 126 valence electrons. The average molecular weight is 324 g/mol. The Morgan fingerprint density at radius 1 is 1.13 bits per heavy atom. The van der Waals surface area contributed by atoms with Crippen molar-refractivity contribution in [1.82, 2.24) is 5.32 Å².